The van der Waals surface area contributed by atoms with Crippen molar-refractivity contribution in [3.63, 3.8) is 0 Å². The third kappa shape index (κ3) is 1.55. The maximum atomic E-state index is 11.3. The van der Waals surface area contributed by atoms with Crippen molar-refractivity contribution in [2.45, 2.75) is 26.2 Å². The van der Waals surface area contributed by atoms with Crippen molar-refractivity contribution >= 4 is 11.2 Å². The molecule has 0 aliphatic rings. The SMILES string of the molecule is CCCCc1nc2c(ccc[n+]2[O-])[nH]1. The summed E-state index contributed by atoms with van der Waals surface area (Å²) in [6.45, 7) is 2.14. The molecule has 1 N–H and O–H groups in total. The first-order valence-corrected chi connectivity index (χ1v) is 4.88. The lowest BCUT2D eigenvalue weighted by Crippen LogP contribution is -2.25. The molecule has 4 nitrogen and oxygen atoms in total. The van der Waals surface area contributed by atoms with Crippen LogP contribution in [0.25, 0.3) is 11.2 Å². The monoisotopic (exact) mass is 191 g/mol. The van der Waals surface area contributed by atoms with Crippen LogP contribution in [-0.2, 0) is 6.42 Å². The van der Waals surface area contributed by atoms with E-state index >= 15 is 0 Å². The molecule has 2 heterocycles. The van der Waals surface area contributed by atoms with Crippen molar-refractivity contribution in [2.24, 2.45) is 0 Å². The summed E-state index contributed by atoms with van der Waals surface area (Å²) in [5, 5.41) is 11.3. The van der Waals surface area contributed by atoms with Crippen molar-refractivity contribution in [1.29, 1.82) is 0 Å². The van der Waals surface area contributed by atoms with E-state index < -0.39 is 0 Å². The van der Waals surface area contributed by atoms with Gasteiger partial charge in [-0.05, 0) is 23.5 Å². The van der Waals surface area contributed by atoms with Crippen LogP contribution in [-0.4, -0.2) is 9.97 Å². The maximum absolute atomic E-state index is 11.3. The number of nitrogens with one attached hydrogen (secondary N) is 1. The molecule has 0 bridgehead atoms. The second-order valence-electron chi connectivity index (χ2n) is 3.36. The van der Waals surface area contributed by atoms with Gasteiger partial charge in [-0.15, -0.1) is 0 Å². The molecule has 0 saturated heterocycles. The Hall–Kier alpha value is -1.58. The van der Waals surface area contributed by atoms with E-state index in [1.807, 2.05) is 6.07 Å². The van der Waals surface area contributed by atoms with Crippen LogP contribution in [0.15, 0.2) is 18.3 Å². The van der Waals surface area contributed by atoms with Crippen LogP contribution < -0.4 is 4.73 Å². The van der Waals surface area contributed by atoms with E-state index in [2.05, 4.69) is 16.9 Å². The highest BCUT2D eigenvalue weighted by atomic mass is 16.5. The summed E-state index contributed by atoms with van der Waals surface area (Å²) < 4.78 is 0.793. The Kier molecular flexibility index (Phi) is 2.35. The zero-order valence-corrected chi connectivity index (χ0v) is 8.16. The van der Waals surface area contributed by atoms with Crippen LogP contribution in [0, 0.1) is 5.21 Å². The third-order valence-electron chi connectivity index (χ3n) is 2.22. The summed E-state index contributed by atoms with van der Waals surface area (Å²) in [4.78, 5) is 7.38. The lowest BCUT2D eigenvalue weighted by atomic mass is 10.2. The molecular formula is C10H13N3O. The van der Waals surface area contributed by atoms with Gasteiger partial charge in [0.15, 0.2) is 0 Å². The quantitative estimate of drug-likeness (QED) is 0.591. The zero-order chi connectivity index (χ0) is 9.97. The van der Waals surface area contributed by atoms with Crippen LogP contribution in [0.1, 0.15) is 25.6 Å². The average molecular weight is 191 g/mol. The number of fused-ring (bicyclic) bond motifs is 1. The topological polar surface area (TPSA) is 55.6 Å². The molecule has 2 aromatic rings. The molecule has 0 aliphatic heterocycles. The second-order valence-corrected chi connectivity index (χ2v) is 3.36. The summed E-state index contributed by atoms with van der Waals surface area (Å²) >= 11 is 0. The minimum atomic E-state index is 0.485. The lowest BCUT2D eigenvalue weighted by Gasteiger charge is -1.97. The number of rotatable bonds is 3. The van der Waals surface area contributed by atoms with Crippen molar-refractivity contribution < 1.29 is 4.73 Å². The Labute approximate surface area is 82.2 Å². The first-order chi connectivity index (χ1) is 6.81. The number of hydrogen-bond donors (Lipinski definition) is 1. The average Bonchev–Trinajstić information content (AvgIpc) is 2.59. The number of unbranched alkanes of at least 4 members (excludes halogenated alkanes) is 1. The second kappa shape index (κ2) is 3.65. The molecule has 0 saturated carbocycles. The van der Waals surface area contributed by atoms with Gasteiger partial charge in [-0.3, -0.25) is 0 Å². The van der Waals surface area contributed by atoms with Gasteiger partial charge in [0.1, 0.15) is 5.52 Å². The maximum Gasteiger partial charge on any atom is 0.351 e. The number of H-pyrrole nitrogens is 1. The van der Waals surface area contributed by atoms with Crippen molar-refractivity contribution in [3.8, 4) is 0 Å². The van der Waals surface area contributed by atoms with Crippen LogP contribution in [0.3, 0.4) is 0 Å². The number of nitrogens with zero attached hydrogens (tertiary/aromatic N) is 2. The molecule has 2 aromatic heterocycles. The van der Waals surface area contributed by atoms with Gasteiger partial charge in [-0.25, -0.2) is 4.73 Å². The fourth-order valence-corrected chi connectivity index (χ4v) is 1.46. The largest absolute Gasteiger partial charge is 0.710 e. The first-order valence-electron chi connectivity index (χ1n) is 4.88. The number of aromatic nitrogens is 3. The number of pyridine rings is 1. The number of aromatic amines is 1. The summed E-state index contributed by atoms with van der Waals surface area (Å²) in [5.74, 6) is 0.901. The molecule has 0 radical (unpaired) electrons. The van der Waals surface area contributed by atoms with Crippen molar-refractivity contribution in [3.05, 3.63) is 29.4 Å². The lowest BCUT2D eigenvalue weighted by molar-refractivity contribution is -0.579. The van der Waals surface area contributed by atoms with Gasteiger partial charge in [-0.1, -0.05) is 13.3 Å². The first kappa shape index (κ1) is 8.99. The minimum Gasteiger partial charge on any atom is -0.710 e. The molecule has 0 amide bonds. The van der Waals surface area contributed by atoms with Crippen molar-refractivity contribution in [2.75, 3.05) is 0 Å². The zero-order valence-electron chi connectivity index (χ0n) is 8.16. The Morgan fingerprint density at radius 3 is 3.14 bits per heavy atom. The van der Waals surface area contributed by atoms with E-state index in [1.54, 1.807) is 6.07 Å². The molecule has 0 unspecified atom stereocenters. The van der Waals surface area contributed by atoms with Crippen LogP contribution in [0.2, 0.25) is 0 Å². The molecule has 2 rings (SSSR count). The Morgan fingerprint density at radius 2 is 2.43 bits per heavy atom. The van der Waals surface area contributed by atoms with E-state index in [4.69, 9.17) is 0 Å². The fourth-order valence-electron chi connectivity index (χ4n) is 1.46. The van der Waals surface area contributed by atoms with Gasteiger partial charge >= 0.3 is 5.65 Å². The van der Waals surface area contributed by atoms with E-state index in [0.29, 0.717) is 5.65 Å². The summed E-state index contributed by atoms with van der Waals surface area (Å²) in [7, 11) is 0. The summed E-state index contributed by atoms with van der Waals surface area (Å²) in [6, 6.07) is 3.59. The van der Waals surface area contributed by atoms with Crippen LogP contribution >= 0.6 is 0 Å². The molecule has 0 atom stereocenters. The molecule has 14 heavy (non-hydrogen) atoms. The molecular weight excluding hydrogens is 178 g/mol. The Balaban J connectivity index is 2.36. The van der Waals surface area contributed by atoms with Crippen molar-refractivity contribution in [1.82, 2.24) is 9.97 Å². The third-order valence-corrected chi connectivity index (χ3v) is 2.22. The van der Waals surface area contributed by atoms with Crippen LogP contribution in [0.4, 0.5) is 0 Å². The Bertz CT molecular complexity index is 436. The van der Waals surface area contributed by atoms with E-state index in [9.17, 15) is 5.21 Å². The highest BCUT2D eigenvalue weighted by Gasteiger charge is 2.11. The number of aryl methyl sites for hydroxylation is 1. The smallest absolute Gasteiger partial charge is 0.351 e. The molecule has 0 aromatic carbocycles. The molecule has 4 heteroatoms. The molecule has 0 aliphatic carbocycles. The van der Waals surface area contributed by atoms with E-state index in [-0.39, 0.29) is 0 Å². The number of hydrogen-bond acceptors (Lipinski definition) is 2. The van der Waals surface area contributed by atoms with E-state index in [0.717, 1.165) is 35.3 Å². The van der Waals surface area contributed by atoms with Gasteiger partial charge in [0.05, 0.1) is 6.20 Å². The molecule has 74 valence electrons. The van der Waals surface area contributed by atoms with Crippen LogP contribution in [0.5, 0.6) is 0 Å². The molecule has 0 spiro atoms. The fraction of sp³-hybridized carbons (Fsp3) is 0.400. The number of imidazole rings is 1. The van der Waals surface area contributed by atoms with Gasteiger partial charge < -0.3 is 10.2 Å². The highest BCUT2D eigenvalue weighted by molar-refractivity contribution is 5.66. The predicted octanol–water partition coefficient (Wildman–Crippen LogP) is 1.54. The summed E-state index contributed by atoms with van der Waals surface area (Å²) in [5.41, 5.74) is 1.30. The van der Waals surface area contributed by atoms with Gasteiger partial charge in [-0.2, -0.15) is 0 Å². The van der Waals surface area contributed by atoms with Gasteiger partial charge in [0, 0.05) is 6.42 Å². The highest BCUT2D eigenvalue weighted by Crippen LogP contribution is 2.08. The Morgan fingerprint density at radius 1 is 1.57 bits per heavy atom. The molecule has 0 fully saturated rings. The normalized spacial score (nSPS) is 10.9. The van der Waals surface area contributed by atoms with Gasteiger partial charge in [0.2, 0.25) is 5.82 Å². The standard InChI is InChI=1S/C10H13N3O/c1-2-3-6-9-11-8-5-4-7-13(14)10(8)12-9/h4-5,7H,2-3,6H2,1H3,(H,11,12). The van der Waals surface area contributed by atoms with E-state index in [1.165, 1.54) is 6.20 Å². The predicted molar refractivity (Wildman–Crippen MR) is 53.7 cm³/mol. The minimum absolute atomic E-state index is 0.485. The summed E-state index contributed by atoms with van der Waals surface area (Å²) in [6.07, 6.45) is 4.60. The van der Waals surface area contributed by atoms with Gasteiger partial charge in [0.25, 0.3) is 0 Å².